The van der Waals surface area contributed by atoms with Crippen molar-refractivity contribution in [1.29, 1.82) is 0 Å². The summed E-state index contributed by atoms with van der Waals surface area (Å²) in [4.78, 5) is 11.8. The lowest BCUT2D eigenvalue weighted by molar-refractivity contribution is -0.116. The van der Waals surface area contributed by atoms with Gasteiger partial charge in [-0.15, -0.1) is 0 Å². The summed E-state index contributed by atoms with van der Waals surface area (Å²) in [6.45, 7) is 4.22. The highest BCUT2D eigenvalue weighted by Gasteiger charge is 2.23. The fraction of sp³-hybridized carbons (Fsp3) is 0.462. The molecule has 0 spiro atoms. The highest BCUT2D eigenvalue weighted by molar-refractivity contribution is 5.96. The Hall–Kier alpha value is -1.71. The number of fused-ring (bicyclic) bond motifs is 1. The van der Waals surface area contributed by atoms with Crippen molar-refractivity contribution in [3.63, 3.8) is 0 Å². The zero-order valence-electron chi connectivity index (χ0n) is 10.4. The van der Waals surface area contributed by atoms with Crippen LogP contribution >= 0.6 is 0 Å². The van der Waals surface area contributed by atoms with Crippen LogP contribution in [-0.2, 0) is 4.79 Å². The minimum absolute atomic E-state index is 0.0446. The Labute approximate surface area is 101 Å². The minimum atomic E-state index is 0.0446. The maximum Gasteiger partial charge on any atom is 0.226 e. The van der Waals surface area contributed by atoms with Crippen LogP contribution in [0, 0.1) is 5.92 Å². The molecule has 0 fully saturated rings. The molecule has 1 heterocycles. The number of amides is 1. The summed E-state index contributed by atoms with van der Waals surface area (Å²) < 4.78 is 5.15. The topological polar surface area (TPSA) is 50.4 Å². The van der Waals surface area contributed by atoms with Gasteiger partial charge in [0.05, 0.1) is 18.5 Å². The molecule has 4 heteroatoms. The second-order valence-corrected chi connectivity index (χ2v) is 4.66. The molecule has 92 valence electrons. The van der Waals surface area contributed by atoms with Crippen LogP contribution in [0.5, 0.6) is 5.75 Å². The van der Waals surface area contributed by atoms with E-state index in [1.165, 1.54) is 0 Å². The predicted octanol–water partition coefficient (Wildman–Crippen LogP) is 2.47. The third-order valence-corrected chi connectivity index (χ3v) is 3.05. The zero-order valence-corrected chi connectivity index (χ0v) is 10.4. The Morgan fingerprint density at radius 3 is 2.76 bits per heavy atom. The van der Waals surface area contributed by atoms with Gasteiger partial charge in [0.1, 0.15) is 5.75 Å². The Morgan fingerprint density at radius 2 is 2.12 bits per heavy atom. The van der Waals surface area contributed by atoms with Crippen LogP contribution in [0.15, 0.2) is 18.2 Å². The summed E-state index contributed by atoms with van der Waals surface area (Å²) in [5.74, 6) is 1.20. The van der Waals surface area contributed by atoms with Crippen molar-refractivity contribution >= 4 is 17.3 Å². The van der Waals surface area contributed by atoms with Crippen LogP contribution in [-0.4, -0.2) is 19.1 Å². The summed E-state index contributed by atoms with van der Waals surface area (Å²) in [7, 11) is 1.62. The molecule has 1 aliphatic heterocycles. The molecule has 0 saturated heterocycles. The predicted molar refractivity (Wildman–Crippen MR) is 68.5 cm³/mol. The van der Waals surface area contributed by atoms with E-state index < -0.39 is 0 Å². The van der Waals surface area contributed by atoms with Gasteiger partial charge in [-0.2, -0.15) is 0 Å². The molecule has 1 aromatic rings. The Bertz CT molecular complexity index is 429. The van der Waals surface area contributed by atoms with Crippen molar-refractivity contribution in [3.05, 3.63) is 18.2 Å². The first-order chi connectivity index (χ1) is 8.10. The van der Waals surface area contributed by atoms with Gasteiger partial charge in [-0.25, -0.2) is 0 Å². The number of hydrogen-bond acceptors (Lipinski definition) is 3. The summed E-state index contributed by atoms with van der Waals surface area (Å²) in [6, 6.07) is 5.84. The van der Waals surface area contributed by atoms with E-state index in [0.717, 1.165) is 17.1 Å². The van der Waals surface area contributed by atoms with E-state index in [4.69, 9.17) is 4.74 Å². The van der Waals surface area contributed by atoms with Gasteiger partial charge in [0, 0.05) is 18.5 Å². The van der Waals surface area contributed by atoms with Crippen molar-refractivity contribution in [2.45, 2.75) is 26.3 Å². The van der Waals surface area contributed by atoms with Gasteiger partial charge in [0.15, 0.2) is 0 Å². The lowest BCUT2D eigenvalue weighted by Gasteiger charge is -2.20. The summed E-state index contributed by atoms with van der Waals surface area (Å²) in [6.07, 6.45) is 0.495. The highest BCUT2D eigenvalue weighted by Crippen LogP contribution is 2.31. The van der Waals surface area contributed by atoms with Crippen LogP contribution in [0.2, 0.25) is 0 Å². The number of anilines is 2. The molecule has 2 rings (SSSR count). The lowest BCUT2D eigenvalue weighted by Crippen LogP contribution is -2.27. The number of benzene rings is 1. The fourth-order valence-corrected chi connectivity index (χ4v) is 1.93. The normalized spacial score (nSPS) is 19.1. The van der Waals surface area contributed by atoms with E-state index in [-0.39, 0.29) is 11.9 Å². The second kappa shape index (κ2) is 4.65. The number of hydrogen-bond donors (Lipinski definition) is 2. The van der Waals surface area contributed by atoms with Crippen molar-refractivity contribution < 1.29 is 9.53 Å². The molecule has 1 atom stereocenters. The first-order valence-electron chi connectivity index (χ1n) is 5.84. The van der Waals surface area contributed by atoms with Gasteiger partial charge in [-0.05, 0) is 18.1 Å². The molecule has 4 nitrogen and oxygen atoms in total. The first kappa shape index (κ1) is 11.8. The third-order valence-electron chi connectivity index (χ3n) is 3.05. The molecule has 1 unspecified atom stereocenters. The average Bonchev–Trinajstić information content (AvgIpc) is 2.45. The Morgan fingerprint density at radius 1 is 1.35 bits per heavy atom. The molecule has 0 radical (unpaired) electrons. The highest BCUT2D eigenvalue weighted by atomic mass is 16.5. The molecule has 1 aliphatic rings. The Balaban J connectivity index is 2.33. The number of methoxy groups -OCH3 is 1. The standard InChI is InChI=1S/C13H18N2O2/c1-8(2)11-7-13(16)15-12-6-9(17-3)4-5-10(12)14-11/h4-6,8,11,14H,7H2,1-3H3,(H,15,16). The van der Waals surface area contributed by atoms with E-state index in [1.54, 1.807) is 7.11 Å². The first-order valence-corrected chi connectivity index (χ1v) is 5.84. The number of ether oxygens (including phenoxy) is 1. The largest absolute Gasteiger partial charge is 0.497 e. The molecule has 0 aromatic heterocycles. The summed E-state index contributed by atoms with van der Waals surface area (Å²) in [5.41, 5.74) is 1.74. The van der Waals surface area contributed by atoms with Crippen LogP contribution in [0.1, 0.15) is 20.3 Å². The Kier molecular flexibility index (Phi) is 3.22. The average molecular weight is 234 g/mol. The smallest absolute Gasteiger partial charge is 0.226 e. The lowest BCUT2D eigenvalue weighted by atomic mass is 10.0. The number of carbonyl (C=O) groups is 1. The molecule has 0 saturated carbocycles. The van der Waals surface area contributed by atoms with Gasteiger partial charge in [-0.3, -0.25) is 4.79 Å². The molecule has 17 heavy (non-hydrogen) atoms. The van der Waals surface area contributed by atoms with Crippen molar-refractivity contribution in [2.75, 3.05) is 17.7 Å². The third kappa shape index (κ3) is 2.52. The fourth-order valence-electron chi connectivity index (χ4n) is 1.93. The van der Waals surface area contributed by atoms with Crippen LogP contribution < -0.4 is 15.4 Å². The molecule has 2 N–H and O–H groups in total. The second-order valence-electron chi connectivity index (χ2n) is 4.66. The van der Waals surface area contributed by atoms with Crippen molar-refractivity contribution in [1.82, 2.24) is 0 Å². The van der Waals surface area contributed by atoms with Crippen molar-refractivity contribution in [2.24, 2.45) is 5.92 Å². The van der Waals surface area contributed by atoms with Crippen LogP contribution in [0.25, 0.3) is 0 Å². The van der Waals surface area contributed by atoms with Gasteiger partial charge in [0.2, 0.25) is 5.91 Å². The monoisotopic (exact) mass is 234 g/mol. The minimum Gasteiger partial charge on any atom is -0.497 e. The van der Waals surface area contributed by atoms with E-state index in [1.807, 2.05) is 18.2 Å². The maximum absolute atomic E-state index is 11.8. The summed E-state index contributed by atoms with van der Waals surface area (Å²) >= 11 is 0. The van der Waals surface area contributed by atoms with Gasteiger partial charge < -0.3 is 15.4 Å². The number of rotatable bonds is 2. The molecular weight excluding hydrogens is 216 g/mol. The van der Waals surface area contributed by atoms with E-state index >= 15 is 0 Å². The number of carbonyl (C=O) groups excluding carboxylic acids is 1. The molecule has 0 aliphatic carbocycles. The summed E-state index contributed by atoms with van der Waals surface area (Å²) in [5, 5.41) is 6.30. The maximum atomic E-state index is 11.8. The zero-order chi connectivity index (χ0) is 12.4. The molecule has 1 aromatic carbocycles. The van der Waals surface area contributed by atoms with Gasteiger partial charge in [0.25, 0.3) is 0 Å². The van der Waals surface area contributed by atoms with Gasteiger partial charge in [-0.1, -0.05) is 13.8 Å². The SMILES string of the molecule is COc1ccc2c(c1)NC(=O)CC(C(C)C)N2. The quantitative estimate of drug-likeness (QED) is 0.826. The van der Waals surface area contributed by atoms with Gasteiger partial charge >= 0.3 is 0 Å². The number of nitrogens with one attached hydrogen (secondary N) is 2. The van der Waals surface area contributed by atoms with Crippen molar-refractivity contribution in [3.8, 4) is 5.75 Å². The molecule has 1 amide bonds. The molecule has 0 bridgehead atoms. The van der Waals surface area contributed by atoms with E-state index in [9.17, 15) is 4.79 Å². The van der Waals surface area contributed by atoms with E-state index in [0.29, 0.717) is 12.3 Å². The van der Waals surface area contributed by atoms with E-state index in [2.05, 4.69) is 24.5 Å². The van der Waals surface area contributed by atoms with Crippen LogP contribution in [0.3, 0.4) is 0 Å². The molecular formula is C13H18N2O2. The van der Waals surface area contributed by atoms with Crippen LogP contribution in [0.4, 0.5) is 11.4 Å².